The molecular weight excluding hydrogens is 282 g/mol. The fourth-order valence-corrected chi connectivity index (χ4v) is 2.83. The Bertz CT molecular complexity index is 835. The van der Waals surface area contributed by atoms with Crippen molar-refractivity contribution in [2.24, 2.45) is 0 Å². The van der Waals surface area contributed by atoms with Crippen molar-refractivity contribution in [3.8, 4) is 0 Å². The maximum absolute atomic E-state index is 12.8. The summed E-state index contributed by atoms with van der Waals surface area (Å²) in [6, 6.07) is 16.7. The summed E-state index contributed by atoms with van der Waals surface area (Å²) in [4.78, 5) is 12.8. The standard InChI is InChI=1S/C18H14ClNO/c1-11-9-10-14(13-6-3-2-5-12(11)13)18(21)17-15(19)7-4-8-16(17)20/h2-10H,20H2,1H3. The van der Waals surface area contributed by atoms with E-state index in [0.29, 0.717) is 21.8 Å². The fraction of sp³-hybridized carbons (Fsp3) is 0.0556. The van der Waals surface area contributed by atoms with Gasteiger partial charge in [0.2, 0.25) is 0 Å². The highest BCUT2D eigenvalue weighted by Crippen LogP contribution is 2.29. The molecule has 0 heterocycles. The van der Waals surface area contributed by atoms with E-state index < -0.39 is 0 Å². The monoisotopic (exact) mass is 295 g/mol. The highest BCUT2D eigenvalue weighted by Gasteiger charge is 2.18. The molecule has 0 saturated carbocycles. The Balaban J connectivity index is 2.26. The minimum absolute atomic E-state index is 0.144. The number of ketones is 1. The molecular formula is C18H14ClNO. The molecule has 0 atom stereocenters. The summed E-state index contributed by atoms with van der Waals surface area (Å²) >= 11 is 6.16. The van der Waals surface area contributed by atoms with E-state index in [-0.39, 0.29) is 5.78 Å². The summed E-state index contributed by atoms with van der Waals surface area (Å²) in [6.45, 7) is 2.03. The third-order valence-corrected chi connectivity index (χ3v) is 3.97. The van der Waals surface area contributed by atoms with Gasteiger partial charge < -0.3 is 5.73 Å². The first-order chi connectivity index (χ1) is 10.1. The lowest BCUT2D eigenvalue weighted by atomic mass is 9.94. The lowest BCUT2D eigenvalue weighted by Gasteiger charge is -2.11. The lowest BCUT2D eigenvalue weighted by molar-refractivity contribution is 0.104. The number of anilines is 1. The molecule has 0 aliphatic rings. The van der Waals surface area contributed by atoms with Crippen molar-refractivity contribution >= 4 is 33.8 Å². The van der Waals surface area contributed by atoms with Crippen LogP contribution in [0.1, 0.15) is 21.5 Å². The molecule has 21 heavy (non-hydrogen) atoms. The fourth-order valence-electron chi connectivity index (χ4n) is 2.56. The third-order valence-electron chi connectivity index (χ3n) is 3.66. The van der Waals surface area contributed by atoms with Crippen LogP contribution < -0.4 is 5.73 Å². The number of aryl methyl sites for hydroxylation is 1. The van der Waals surface area contributed by atoms with Crippen molar-refractivity contribution in [2.75, 3.05) is 5.73 Å². The predicted molar refractivity (Wildman–Crippen MR) is 88.0 cm³/mol. The SMILES string of the molecule is Cc1ccc(C(=O)c2c(N)cccc2Cl)c2ccccc12. The van der Waals surface area contributed by atoms with Crippen LogP contribution in [0.3, 0.4) is 0 Å². The number of hydrogen-bond donors (Lipinski definition) is 1. The number of benzene rings is 3. The number of carbonyl (C=O) groups is 1. The molecule has 2 nitrogen and oxygen atoms in total. The van der Waals surface area contributed by atoms with Crippen LogP contribution in [0.15, 0.2) is 54.6 Å². The van der Waals surface area contributed by atoms with E-state index in [1.165, 1.54) is 0 Å². The maximum atomic E-state index is 12.8. The highest BCUT2D eigenvalue weighted by atomic mass is 35.5. The van der Waals surface area contributed by atoms with Gasteiger partial charge in [-0.05, 0) is 35.4 Å². The largest absolute Gasteiger partial charge is 0.398 e. The predicted octanol–water partition coefficient (Wildman–Crippen LogP) is 4.61. The van der Waals surface area contributed by atoms with Crippen LogP contribution in [0, 0.1) is 6.92 Å². The van der Waals surface area contributed by atoms with Gasteiger partial charge in [0.1, 0.15) is 0 Å². The third kappa shape index (κ3) is 2.28. The number of nitrogens with two attached hydrogens (primary N) is 1. The Hall–Kier alpha value is -2.32. The maximum Gasteiger partial charge on any atom is 0.197 e. The molecule has 3 heteroatoms. The molecule has 0 amide bonds. The first-order valence-corrected chi connectivity index (χ1v) is 7.04. The van der Waals surface area contributed by atoms with Crippen LogP contribution >= 0.6 is 11.6 Å². The highest BCUT2D eigenvalue weighted by molar-refractivity contribution is 6.36. The van der Waals surface area contributed by atoms with Gasteiger partial charge in [0.25, 0.3) is 0 Å². The van der Waals surface area contributed by atoms with Crippen molar-refractivity contribution < 1.29 is 4.79 Å². The average molecular weight is 296 g/mol. The second-order valence-electron chi connectivity index (χ2n) is 5.01. The van der Waals surface area contributed by atoms with E-state index in [0.717, 1.165) is 16.3 Å². The molecule has 0 bridgehead atoms. The summed E-state index contributed by atoms with van der Waals surface area (Å²) in [7, 11) is 0. The average Bonchev–Trinajstić information content (AvgIpc) is 2.47. The molecule has 0 unspecified atom stereocenters. The van der Waals surface area contributed by atoms with E-state index in [9.17, 15) is 4.79 Å². The second kappa shape index (κ2) is 5.23. The number of rotatable bonds is 2. The van der Waals surface area contributed by atoms with Gasteiger partial charge in [0.15, 0.2) is 5.78 Å². The quantitative estimate of drug-likeness (QED) is 0.554. The van der Waals surface area contributed by atoms with Crippen LogP contribution in [0.4, 0.5) is 5.69 Å². The van der Waals surface area contributed by atoms with E-state index >= 15 is 0 Å². The van der Waals surface area contributed by atoms with Gasteiger partial charge in [-0.2, -0.15) is 0 Å². The van der Waals surface area contributed by atoms with Gasteiger partial charge >= 0.3 is 0 Å². The first kappa shape index (κ1) is 13.7. The summed E-state index contributed by atoms with van der Waals surface area (Å²) in [5.74, 6) is -0.144. The Labute approximate surface area is 128 Å². The Kier molecular flexibility index (Phi) is 3.40. The van der Waals surface area contributed by atoms with Crippen molar-refractivity contribution in [3.05, 3.63) is 76.3 Å². The van der Waals surface area contributed by atoms with E-state index in [4.69, 9.17) is 17.3 Å². The van der Waals surface area contributed by atoms with Gasteiger partial charge in [-0.3, -0.25) is 4.79 Å². The van der Waals surface area contributed by atoms with E-state index in [1.807, 2.05) is 43.3 Å². The van der Waals surface area contributed by atoms with Crippen molar-refractivity contribution in [1.29, 1.82) is 0 Å². The van der Waals surface area contributed by atoms with Gasteiger partial charge in [0.05, 0.1) is 10.6 Å². The number of nitrogen functional groups attached to an aromatic ring is 1. The van der Waals surface area contributed by atoms with Crippen LogP contribution in [-0.2, 0) is 0 Å². The van der Waals surface area contributed by atoms with Gasteiger partial charge in [-0.25, -0.2) is 0 Å². The molecule has 3 aromatic rings. The van der Waals surface area contributed by atoms with Crippen molar-refractivity contribution in [2.45, 2.75) is 6.92 Å². The second-order valence-corrected chi connectivity index (χ2v) is 5.42. The minimum atomic E-state index is -0.144. The molecule has 0 radical (unpaired) electrons. The Morgan fingerprint density at radius 3 is 2.38 bits per heavy atom. The zero-order valence-electron chi connectivity index (χ0n) is 11.6. The molecule has 0 aliphatic carbocycles. The van der Waals surface area contributed by atoms with Gasteiger partial charge in [-0.15, -0.1) is 0 Å². The molecule has 0 spiro atoms. The molecule has 0 aromatic heterocycles. The van der Waals surface area contributed by atoms with Crippen LogP contribution in [0.2, 0.25) is 5.02 Å². The normalized spacial score (nSPS) is 10.8. The van der Waals surface area contributed by atoms with E-state index in [2.05, 4.69) is 0 Å². The molecule has 104 valence electrons. The van der Waals surface area contributed by atoms with Crippen molar-refractivity contribution in [3.63, 3.8) is 0 Å². The zero-order valence-corrected chi connectivity index (χ0v) is 12.3. The summed E-state index contributed by atoms with van der Waals surface area (Å²) in [5.41, 5.74) is 8.45. The topological polar surface area (TPSA) is 43.1 Å². The van der Waals surface area contributed by atoms with Crippen LogP contribution in [-0.4, -0.2) is 5.78 Å². The number of fused-ring (bicyclic) bond motifs is 1. The molecule has 2 N–H and O–H groups in total. The molecule has 3 rings (SSSR count). The van der Waals surface area contributed by atoms with Gasteiger partial charge in [-0.1, -0.05) is 54.1 Å². The molecule has 0 fully saturated rings. The molecule has 0 saturated heterocycles. The first-order valence-electron chi connectivity index (χ1n) is 6.66. The summed E-state index contributed by atoms with van der Waals surface area (Å²) in [6.07, 6.45) is 0. The Morgan fingerprint density at radius 2 is 1.67 bits per heavy atom. The van der Waals surface area contributed by atoms with Crippen LogP contribution in [0.25, 0.3) is 10.8 Å². The Morgan fingerprint density at radius 1 is 0.952 bits per heavy atom. The summed E-state index contributed by atoms with van der Waals surface area (Å²) < 4.78 is 0. The number of hydrogen-bond acceptors (Lipinski definition) is 2. The van der Waals surface area contributed by atoms with Crippen LogP contribution in [0.5, 0.6) is 0 Å². The minimum Gasteiger partial charge on any atom is -0.398 e. The number of halogens is 1. The van der Waals surface area contributed by atoms with E-state index in [1.54, 1.807) is 18.2 Å². The van der Waals surface area contributed by atoms with Crippen molar-refractivity contribution in [1.82, 2.24) is 0 Å². The smallest absolute Gasteiger partial charge is 0.197 e. The lowest BCUT2D eigenvalue weighted by Crippen LogP contribution is -2.07. The number of carbonyl (C=O) groups excluding carboxylic acids is 1. The van der Waals surface area contributed by atoms with Gasteiger partial charge in [0, 0.05) is 11.3 Å². The molecule has 0 aliphatic heterocycles. The molecule has 3 aromatic carbocycles. The summed E-state index contributed by atoms with van der Waals surface area (Å²) in [5, 5.41) is 2.36. The zero-order chi connectivity index (χ0) is 15.0.